The summed E-state index contributed by atoms with van der Waals surface area (Å²) in [5.74, 6) is 0. The summed E-state index contributed by atoms with van der Waals surface area (Å²) in [6.07, 6.45) is 1.39. The summed E-state index contributed by atoms with van der Waals surface area (Å²) in [7, 11) is 0. The Hall–Kier alpha value is -0.308. The van der Waals surface area contributed by atoms with Crippen molar-refractivity contribution in [1.82, 2.24) is 4.98 Å². The monoisotopic (exact) mass is 161 g/mol. The number of aryl methyl sites for hydroxylation is 1. The van der Waals surface area contributed by atoms with E-state index in [0.29, 0.717) is 5.56 Å². The van der Waals surface area contributed by atoms with Gasteiger partial charge in [-0.15, -0.1) is 0 Å². The Balaban J connectivity index is 0.00000121. The Morgan fingerprint density at radius 3 is 2.25 bits per heavy atom. The summed E-state index contributed by atoms with van der Waals surface area (Å²) in [6, 6.07) is 3.29. The third-order valence-corrected chi connectivity index (χ3v) is 1.42. The van der Waals surface area contributed by atoms with Gasteiger partial charge in [-0.3, -0.25) is 4.98 Å². The second-order valence-electron chi connectivity index (χ2n) is 2.44. The molecule has 0 unspecified atom stereocenters. The van der Waals surface area contributed by atoms with E-state index >= 15 is 0 Å². The van der Waals surface area contributed by atoms with E-state index in [1.807, 2.05) is 0 Å². The van der Waals surface area contributed by atoms with E-state index in [1.54, 1.807) is 19.1 Å². The van der Waals surface area contributed by atoms with Crippen molar-refractivity contribution < 1.29 is 33.9 Å². The normalized spacial score (nSPS) is 10.7. The molecule has 0 saturated carbocycles. The van der Waals surface area contributed by atoms with E-state index in [9.17, 15) is 0 Å². The summed E-state index contributed by atoms with van der Waals surface area (Å²) in [6.45, 7) is -1.80. The van der Waals surface area contributed by atoms with Crippen molar-refractivity contribution in [3.63, 3.8) is 0 Å². The first-order chi connectivity index (χ1) is 5.02. The van der Waals surface area contributed by atoms with Gasteiger partial charge in [0, 0.05) is 6.20 Å². The molecular formula is C6H9BLiNO3. The van der Waals surface area contributed by atoms with E-state index < -0.39 is 6.75 Å². The van der Waals surface area contributed by atoms with Crippen molar-refractivity contribution in [3.8, 4) is 0 Å². The molecule has 1 aromatic rings. The first-order valence-corrected chi connectivity index (χ1v) is 3.25. The minimum Gasteiger partial charge on any atom is -0.555 e. The number of aromatic nitrogens is 1. The molecule has 0 aromatic carbocycles. The molecule has 0 amide bonds. The molecular weight excluding hydrogens is 152 g/mol. The summed E-state index contributed by atoms with van der Waals surface area (Å²) in [4.78, 5) is 3.63. The molecule has 3 N–H and O–H groups in total. The number of rotatable bonds is 1. The molecule has 60 valence electrons. The molecule has 0 aliphatic carbocycles. The zero-order valence-electron chi connectivity index (χ0n) is 7.10. The van der Waals surface area contributed by atoms with Crippen LogP contribution in [-0.2, 0) is 0 Å². The molecule has 4 nitrogen and oxygen atoms in total. The van der Waals surface area contributed by atoms with E-state index in [4.69, 9.17) is 15.1 Å². The maximum atomic E-state index is 8.78. The number of hydrogen-bond acceptors (Lipinski definition) is 4. The number of nitrogens with zero attached hydrogens (tertiary/aromatic N) is 1. The fraction of sp³-hybridized carbons (Fsp3) is 0.167. The van der Waals surface area contributed by atoms with E-state index in [2.05, 4.69) is 4.98 Å². The number of pyridine rings is 1. The quantitative estimate of drug-likeness (QED) is 0.363. The van der Waals surface area contributed by atoms with Crippen molar-refractivity contribution in [2.75, 3.05) is 0 Å². The molecule has 6 heteroatoms. The SMILES string of the molecule is Cc1cccnc1[B-](O)(O)O.[Li+]. The topological polar surface area (TPSA) is 73.6 Å². The predicted molar refractivity (Wildman–Crippen MR) is 41.0 cm³/mol. The van der Waals surface area contributed by atoms with Crippen LogP contribution in [0.4, 0.5) is 0 Å². The average molecular weight is 161 g/mol. The summed E-state index contributed by atoms with van der Waals surface area (Å²) >= 11 is 0. The van der Waals surface area contributed by atoms with Gasteiger partial charge in [-0.25, -0.2) is 0 Å². The minimum absolute atomic E-state index is 0. The molecule has 0 aliphatic rings. The van der Waals surface area contributed by atoms with Crippen molar-refractivity contribution in [3.05, 3.63) is 23.9 Å². The third-order valence-electron chi connectivity index (χ3n) is 1.42. The largest absolute Gasteiger partial charge is 1.00 e. The molecule has 12 heavy (non-hydrogen) atoms. The molecule has 0 fully saturated rings. The fourth-order valence-electron chi connectivity index (χ4n) is 0.903. The van der Waals surface area contributed by atoms with Gasteiger partial charge in [0.15, 0.2) is 0 Å². The van der Waals surface area contributed by atoms with E-state index in [1.165, 1.54) is 6.20 Å². The van der Waals surface area contributed by atoms with Crippen LogP contribution in [0.25, 0.3) is 0 Å². The Kier molecular flexibility index (Phi) is 3.97. The van der Waals surface area contributed by atoms with Crippen molar-refractivity contribution in [2.24, 2.45) is 0 Å². The maximum absolute atomic E-state index is 8.78. The van der Waals surface area contributed by atoms with Gasteiger partial charge >= 0.3 is 25.6 Å². The van der Waals surface area contributed by atoms with Gasteiger partial charge in [0.25, 0.3) is 0 Å². The minimum atomic E-state index is -3.44. The molecule has 1 rings (SSSR count). The van der Waals surface area contributed by atoms with Crippen LogP contribution in [0, 0.1) is 6.92 Å². The van der Waals surface area contributed by atoms with Crippen LogP contribution in [0.2, 0.25) is 0 Å². The first kappa shape index (κ1) is 11.7. The Morgan fingerprint density at radius 1 is 1.33 bits per heavy atom. The van der Waals surface area contributed by atoms with Crippen molar-refractivity contribution >= 4 is 12.3 Å². The van der Waals surface area contributed by atoms with Crippen LogP contribution in [0.5, 0.6) is 0 Å². The van der Waals surface area contributed by atoms with E-state index in [-0.39, 0.29) is 24.5 Å². The Morgan fingerprint density at radius 2 is 1.92 bits per heavy atom. The Labute approximate surface area is 82.5 Å². The summed E-state index contributed by atoms with van der Waals surface area (Å²) < 4.78 is 0. The molecule has 0 aliphatic heterocycles. The first-order valence-electron chi connectivity index (χ1n) is 3.25. The Bertz CT molecular complexity index is 263. The van der Waals surface area contributed by atoms with Crippen molar-refractivity contribution in [2.45, 2.75) is 6.92 Å². The summed E-state index contributed by atoms with van der Waals surface area (Å²) in [5, 5.41) is 26.3. The van der Waals surface area contributed by atoms with Gasteiger partial charge in [0.1, 0.15) is 0 Å². The fourth-order valence-corrected chi connectivity index (χ4v) is 0.903. The average Bonchev–Trinajstić information content (AvgIpc) is 1.86. The smallest absolute Gasteiger partial charge is 0.555 e. The molecule has 0 radical (unpaired) electrons. The molecule has 1 heterocycles. The van der Waals surface area contributed by atoms with Crippen LogP contribution in [-0.4, -0.2) is 26.8 Å². The van der Waals surface area contributed by atoms with Gasteiger partial charge in [0.05, 0.1) is 0 Å². The van der Waals surface area contributed by atoms with E-state index in [0.717, 1.165) is 0 Å². The van der Waals surface area contributed by atoms with Crippen LogP contribution >= 0.6 is 0 Å². The summed E-state index contributed by atoms with van der Waals surface area (Å²) in [5.41, 5.74) is 0.479. The van der Waals surface area contributed by atoms with Crippen LogP contribution in [0.15, 0.2) is 18.3 Å². The number of hydrogen-bond donors (Lipinski definition) is 3. The van der Waals surface area contributed by atoms with Gasteiger partial charge in [-0.05, 0) is 18.6 Å². The molecule has 0 bridgehead atoms. The molecule has 0 spiro atoms. The zero-order valence-corrected chi connectivity index (χ0v) is 7.10. The standard InChI is InChI=1S/C6H9BNO3.Li/c1-5-3-2-4-8-6(5)7(9,10)11;/h2-4,9-11H,1H3;/q-1;+1. The second-order valence-corrected chi connectivity index (χ2v) is 2.44. The van der Waals surface area contributed by atoms with Gasteiger partial charge in [0.2, 0.25) is 0 Å². The van der Waals surface area contributed by atoms with Crippen LogP contribution in [0.1, 0.15) is 5.56 Å². The maximum Gasteiger partial charge on any atom is 1.00 e. The predicted octanol–water partition coefficient (Wildman–Crippen LogP) is -4.48. The van der Waals surface area contributed by atoms with Crippen LogP contribution in [0.3, 0.4) is 0 Å². The zero-order chi connectivity index (χ0) is 8.48. The second kappa shape index (κ2) is 4.08. The van der Waals surface area contributed by atoms with Gasteiger partial charge in [-0.1, -0.05) is 11.6 Å². The molecule has 0 atom stereocenters. The van der Waals surface area contributed by atoms with Crippen LogP contribution < -0.4 is 24.5 Å². The molecule has 0 saturated heterocycles. The third kappa shape index (κ3) is 2.63. The van der Waals surface area contributed by atoms with Gasteiger partial charge in [-0.2, -0.15) is 0 Å². The molecule has 1 aromatic heterocycles. The van der Waals surface area contributed by atoms with Crippen molar-refractivity contribution in [1.29, 1.82) is 0 Å². The van der Waals surface area contributed by atoms with Gasteiger partial charge < -0.3 is 15.1 Å².